The first-order valence-corrected chi connectivity index (χ1v) is 9.17. The van der Waals surface area contributed by atoms with Crippen LogP contribution in [-0.2, 0) is 14.6 Å². The number of hydrogen-bond donors (Lipinski definition) is 1. The van der Waals surface area contributed by atoms with Gasteiger partial charge in [-0.2, -0.15) is 0 Å². The fraction of sp³-hybridized carbons (Fsp3) is 0.235. The van der Waals surface area contributed by atoms with E-state index in [2.05, 4.69) is 15.3 Å². The quantitative estimate of drug-likeness (QED) is 0.684. The van der Waals surface area contributed by atoms with Gasteiger partial charge in [0.15, 0.2) is 14.9 Å². The van der Waals surface area contributed by atoms with Crippen LogP contribution >= 0.6 is 0 Å². The average molecular weight is 345 g/mol. The molecule has 7 heteroatoms. The molecule has 0 bridgehead atoms. The van der Waals surface area contributed by atoms with Crippen LogP contribution in [0, 0.1) is 6.92 Å². The second-order valence-electron chi connectivity index (χ2n) is 5.51. The number of hydrogen-bond acceptors (Lipinski definition) is 5. The molecule has 0 saturated carbocycles. The van der Waals surface area contributed by atoms with Crippen LogP contribution < -0.4 is 5.32 Å². The number of carbonyl (C=O) groups excluding carboxylic acids is 1. The molecule has 0 radical (unpaired) electrons. The molecule has 0 aliphatic heterocycles. The Kier molecular flexibility index (Phi) is 5.14. The Balaban J connectivity index is 2.38. The Bertz CT molecular complexity index is 918. The van der Waals surface area contributed by atoms with E-state index < -0.39 is 9.84 Å². The zero-order valence-electron chi connectivity index (χ0n) is 14.0. The van der Waals surface area contributed by atoms with Gasteiger partial charge in [-0.1, -0.05) is 12.1 Å². The summed E-state index contributed by atoms with van der Waals surface area (Å²) in [4.78, 5) is 19.6. The van der Waals surface area contributed by atoms with Crippen LogP contribution in [0.5, 0.6) is 0 Å². The van der Waals surface area contributed by atoms with Crippen molar-refractivity contribution in [3.8, 4) is 11.3 Å². The van der Waals surface area contributed by atoms with Crippen molar-refractivity contribution in [1.29, 1.82) is 0 Å². The number of benzene rings is 1. The van der Waals surface area contributed by atoms with Crippen LogP contribution in [0.4, 0.5) is 5.69 Å². The summed E-state index contributed by atoms with van der Waals surface area (Å²) in [5, 5.41) is 2.66. The zero-order valence-corrected chi connectivity index (χ0v) is 14.8. The van der Waals surface area contributed by atoms with Gasteiger partial charge < -0.3 is 5.32 Å². The van der Waals surface area contributed by atoms with Crippen molar-refractivity contribution in [1.82, 2.24) is 10.3 Å². The molecule has 1 N–H and O–H groups in total. The van der Waals surface area contributed by atoms with E-state index in [1.807, 2.05) is 25.1 Å². The predicted molar refractivity (Wildman–Crippen MR) is 94.1 cm³/mol. The maximum Gasteiger partial charge on any atom is 0.222 e. The molecular formula is C17H19N3O3S. The highest BCUT2D eigenvalue weighted by molar-refractivity contribution is 7.90. The number of aromatic nitrogens is 1. The van der Waals surface area contributed by atoms with Crippen LogP contribution in [0.15, 0.2) is 46.4 Å². The normalized spacial score (nSPS) is 12.1. The number of pyridine rings is 1. The smallest absolute Gasteiger partial charge is 0.222 e. The van der Waals surface area contributed by atoms with Crippen LogP contribution in [0.3, 0.4) is 0 Å². The molecule has 1 heterocycles. The van der Waals surface area contributed by atoms with Gasteiger partial charge in [-0.05, 0) is 43.7 Å². The summed E-state index contributed by atoms with van der Waals surface area (Å²) in [5.74, 6) is 0.336. The highest BCUT2D eigenvalue weighted by Crippen LogP contribution is 2.26. The third-order valence-corrected chi connectivity index (χ3v) is 4.23. The highest BCUT2D eigenvalue weighted by atomic mass is 32.2. The van der Waals surface area contributed by atoms with Crippen LogP contribution in [-0.4, -0.2) is 31.4 Å². The maximum atomic E-state index is 11.6. The minimum absolute atomic E-state index is 0.0428. The number of nitrogens with one attached hydrogen (secondary N) is 1. The van der Waals surface area contributed by atoms with E-state index in [9.17, 15) is 13.2 Å². The van der Waals surface area contributed by atoms with E-state index in [1.165, 1.54) is 13.0 Å². The van der Waals surface area contributed by atoms with E-state index in [0.29, 0.717) is 11.5 Å². The SMILES string of the molecule is CC(=O)NC(C)=Nc1ccc(-c2cccc(S(C)(=O)=O)n2)cc1C. The molecule has 1 amide bonds. The van der Waals surface area contributed by atoms with Crippen molar-refractivity contribution < 1.29 is 13.2 Å². The van der Waals surface area contributed by atoms with Crippen molar-refractivity contribution in [3.63, 3.8) is 0 Å². The van der Waals surface area contributed by atoms with Gasteiger partial charge in [0, 0.05) is 18.7 Å². The summed E-state index contributed by atoms with van der Waals surface area (Å²) >= 11 is 0. The maximum absolute atomic E-state index is 11.6. The van der Waals surface area contributed by atoms with E-state index in [4.69, 9.17) is 0 Å². The lowest BCUT2D eigenvalue weighted by Gasteiger charge is -2.08. The summed E-state index contributed by atoms with van der Waals surface area (Å²) in [6.07, 6.45) is 1.13. The Morgan fingerprint density at radius 1 is 1.17 bits per heavy atom. The van der Waals surface area contributed by atoms with Gasteiger partial charge >= 0.3 is 0 Å². The van der Waals surface area contributed by atoms with Crippen molar-refractivity contribution in [2.24, 2.45) is 4.99 Å². The van der Waals surface area contributed by atoms with Crippen molar-refractivity contribution in [2.75, 3.05) is 6.26 Å². The molecule has 0 aliphatic carbocycles. The van der Waals surface area contributed by atoms with Crippen molar-refractivity contribution in [2.45, 2.75) is 25.8 Å². The third-order valence-electron chi connectivity index (χ3n) is 3.24. The number of sulfone groups is 1. The lowest BCUT2D eigenvalue weighted by atomic mass is 10.1. The van der Waals surface area contributed by atoms with Crippen molar-refractivity contribution in [3.05, 3.63) is 42.0 Å². The summed E-state index contributed by atoms with van der Waals surface area (Å²) in [7, 11) is -3.35. The molecule has 0 spiro atoms. The summed E-state index contributed by atoms with van der Waals surface area (Å²) in [6, 6.07) is 10.4. The molecule has 0 fully saturated rings. The number of aryl methyl sites for hydroxylation is 1. The predicted octanol–water partition coefficient (Wildman–Crippen LogP) is 2.65. The van der Waals surface area contributed by atoms with E-state index >= 15 is 0 Å². The van der Waals surface area contributed by atoms with Gasteiger partial charge in [0.05, 0.1) is 11.4 Å². The van der Waals surface area contributed by atoms with Gasteiger partial charge in [-0.3, -0.25) is 4.79 Å². The molecule has 2 aromatic rings. The minimum atomic E-state index is -3.35. The molecule has 0 aliphatic rings. The van der Waals surface area contributed by atoms with Gasteiger partial charge in [0.1, 0.15) is 5.84 Å². The monoisotopic (exact) mass is 345 g/mol. The first-order valence-electron chi connectivity index (χ1n) is 7.28. The zero-order chi connectivity index (χ0) is 17.9. The second-order valence-corrected chi connectivity index (χ2v) is 7.48. The molecule has 1 aromatic heterocycles. The molecule has 126 valence electrons. The Labute approximate surface area is 141 Å². The Morgan fingerprint density at radius 2 is 1.88 bits per heavy atom. The minimum Gasteiger partial charge on any atom is -0.315 e. The number of amides is 1. The van der Waals surface area contributed by atoms with Crippen LogP contribution in [0.2, 0.25) is 0 Å². The van der Waals surface area contributed by atoms with E-state index in [0.717, 1.165) is 23.1 Å². The lowest BCUT2D eigenvalue weighted by molar-refractivity contribution is -0.117. The van der Waals surface area contributed by atoms with Crippen molar-refractivity contribution >= 4 is 27.3 Å². The van der Waals surface area contributed by atoms with Gasteiger partial charge in [-0.25, -0.2) is 18.4 Å². The number of nitrogens with zero attached hydrogens (tertiary/aromatic N) is 2. The molecule has 2 rings (SSSR count). The fourth-order valence-corrected chi connectivity index (χ4v) is 2.78. The first-order chi connectivity index (χ1) is 11.2. The molecule has 0 atom stereocenters. The third kappa shape index (κ3) is 4.48. The largest absolute Gasteiger partial charge is 0.315 e. The lowest BCUT2D eigenvalue weighted by Crippen LogP contribution is -2.25. The number of aliphatic imine (C=N–C) groups is 1. The summed E-state index contributed by atoms with van der Waals surface area (Å²) in [5.41, 5.74) is 3.00. The van der Waals surface area contributed by atoms with Gasteiger partial charge in [0.2, 0.25) is 5.91 Å². The number of carbonyl (C=O) groups is 1. The van der Waals surface area contributed by atoms with E-state index in [-0.39, 0.29) is 10.9 Å². The molecular weight excluding hydrogens is 326 g/mol. The molecule has 6 nitrogen and oxygen atoms in total. The number of rotatable bonds is 3. The Morgan fingerprint density at radius 3 is 2.46 bits per heavy atom. The van der Waals surface area contributed by atoms with Gasteiger partial charge in [0.25, 0.3) is 0 Å². The average Bonchev–Trinajstić information content (AvgIpc) is 2.48. The van der Waals surface area contributed by atoms with E-state index in [1.54, 1.807) is 19.1 Å². The summed E-state index contributed by atoms with van der Waals surface area (Å²) in [6.45, 7) is 5.03. The number of amidine groups is 1. The topological polar surface area (TPSA) is 88.5 Å². The second kappa shape index (κ2) is 6.92. The highest BCUT2D eigenvalue weighted by Gasteiger charge is 2.11. The molecule has 24 heavy (non-hydrogen) atoms. The first kappa shape index (κ1) is 17.8. The van der Waals surface area contributed by atoms with Crippen LogP contribution in [0.1, 0.15) is 19.4 Å². The molecule has 1 aromatic carbocycles. The molecule has 0 saturated heterocycles. The molecule has 0 unspecified atom stereocenters. The van der Waals surface area contributed by atoms with Gasteiger partial charge in [-0.15, -0.1) is 0 Å². The summed E-state index contributed by atoms with van der Waals surface area (Å²) < 4.78 is 23.3. The standard InChI is InChI=1S/C17H19N3O3S/c1-11-10-14(8-9-15(11)19-12(2)18-13(3)21)16-6-5-7-17(20-16)24(4,22)23/h5-10H,1-4H3,(H,18,19,21). The van der Waals surface area contributed by atoms with Crippen LogP contribution in [0.25, 0.3) is 11.3 Å². The fourth-order valence-electron chi connectivity index (χ4n) is 2.19. The Hall–Kier alpha value is -2.54.